The molecule has 4 heteroatoms. The quantitative estimate of drug-likeness (QED) is 0.770. The van der Waals surface area contributed by atoms with Gasteiger partial charge in [-0.2, -0.15) is 0 Å². The summed E-state index contributed by atoms with van der Waals surface area (Å²) in [6.07, 6.45) is -2.46. The fourth-order valence-electron chi connectivity index (χ4n) is 0.904. The van der Waals surface area contributed by atoms with Crippen molar-refractivity contribution in [1.29, 1.82) is 0 Å². The van der Waals surface area contributed by atoms with Crippen molar-refractivity contribution in [2.45, 2.75) is 19.4 Å². The second kappa shape index (κ2) is 4.16. The summed E-state index contributed by atoms with van der Waals surface area (Å²) in [6.45, 7) is 1.34. The van der Waals surface area contributed by atoms with Crippen molar-refractivity contribution in [1.82, 2.24) is 0 Å². The van der Waals surface area contributed by atoms with Crippen molar-refractivity contribution in [3.8, 4) is 0 Å². The molecule has 0 aromatic heterocycles. The minimum Gasteiger partial charge on any atom is -0.377 e. The molecule has 0 bridgehead atoms. The molecule has 0 aliphatic heterocycles. The highest BCUT2D eigenvalue weighted by Crippen LogP contribution is 2.12. The first-order valence-corrected chi connectivity index (χ1v) is 3.90. The third-order valence-electron chi connectivity index (χ3n) is 1.60. The van der Waals surface area contributed by atoms with Crippen LogP contribution in [0.15, 0.2) is 24.3 Å². The van der Waals surface area contributed by atoms with Crippen LogP contribution in [0.3, 0.4) is 0 Å². The molecule has 1 nitrogen and oxygen atoms in total. The van der Waals surface area contributed by atoms with E-state index >= 15 is 0 Å². The van der Waals surface area contributed by atoms with Gasteiger partial charge < -0.3 is 5.32 Å². The van der Waals surface area contributed by atoms with E-state index in [0.29, 0.717) is 5.69 Å². The van der Waals surface area contributed by atoms with Crippen LogP contribution < -0.4 is 5.32 Å². The predicted molar refractivity (Wildman–Crippen MR) is 45.5 cm³/mol. The molecule has 1 N–H and O–H groups in total. The maximum atomic E-state index is 12.6. The summed E-state index contributed by atoms with van der Waals surface area (Å²) >= 11 is 0. The van der Waals surface area contributed by atoms with E-state index in [1.165, 1.54) is 25.1 Å². The Morgan fingerprint density at radius 2 is 2.00 bits per heavy atom. The first-order valence-electron chi connectivity index (χ1n) is 3.90. The molecular formula is C9H10F3N. The van der Waals surface area contributed by atoms with Gasteiger partial charge in [-0.3, -0.25) is 0 Å². The highest BCUT2D eigenvalue weighted by atomic mass is 19.3. The summed E-state index contributed by atoms with van der Waals surface area (Å²) in [7, 11) is 0. The molecule has 1 aromatic carbocycles. The van der Waals surface area contributed by atoms with Gasteiger partial charge in [0.15, 0.2) is 0 Å². The molecule has 0 heterocycles. The van der Waals surface area contributed by atoms with Gasteiger partial charge in [-0.1, -0.05) is 6.07 Å². The zero-order chi connectivity index (χ0) is 9.84. The summed E-state index contributed by atoms with van der Waals surface area (Å²) in [6, 6.07) is 4.48. The number of hydrogen-bond acceptors (Lipinski definition) is 1. The van der Waals surface area contributed by atoms with Crippen LogP contribution in [0.5, 0.6) is 0 Å². The van der Waals surface area contributed by atoms with Crippen molar-refractivity contribution >= 4 is 5.69 Å². The lowest BCUT2D eigenvalue weighted by Gasteiger charge is -2.13. The lowest BCUT2D eigenvalue weighted by Crippen LogP contribution is -2.23. The topological polar surface area (TPSA) is 12.0 Å². The molecule has 72 valence electrons. The molecule has 0 aliphatic carbocycles. The van der Waals surface area contributed by atoms with Gasteiger partial charge >= 0.3 is 0 Å². The van der Waals surface area contributed by atoms with E-state index in [4.69, 9.17) is 0 Å². The lowest BCUT2D eigenvalue weighted by molar-refractivity contribution is 0.130. The molecular weight excluding hydrogens is 179 g/mol. The monoisotopic (exact) mass is 189 g/mol. The first kappa shape index (κ1) is 9.89. The molecule has 1 atom stereocenters. The summed E-state index contributed by atoms with van der Waals surface area (Å²) in [4.78, 5) is 0. The second-order valence-corrected chi connectivity index (χ2v) is 2.78. The number of anilines is 1. The van der Waals surface area contributed by atoms with Crippen molar-refractivity contribution < 1.29 is 13.2 Å². The molecule has 1 unspecified atom stereocenters. The summed E-state index contributed by atoms with van der Waals surface area (Å²) < 4.78 is 36.7. The molecule has 13 heavy (non-hydrogen) atoms. The van der Waals surface area contributed by atoms with Crippen molar-refractivity contribution in [2.24, 2.45) is 0 Å². The van der Waals surface area contributed by atoms with Gasteiger partial charge in [0.05, 0.1) is 6.04 Å². The average molecular weight is 189 g/mol. The second-order valence-electron chi connectivity index (χ2n) is 2.78. The third kappa shape index (κ3) is 2.97. The van der Waals surface area contributed by atoms with E-state index < -0.39 is 18.3 Å². The Morgan fingerprint density at radius 3 is 2.54 bits per heavy atom. The molecule has 0 saturated carbocycles. The number of alkyl halides is 2. The molecule has 0 fully saturated rings. The minimum absolute atomic E-state index is 0.368. The van der Waals surface area contributed by atoms with Crippen LogP contribution in [0.25, 0.3) is 0 Å². The number of halogens is 3. The molecule has 0 saturated heterocycles. The first-order chi connectivity index (χ1) is 6.09. The van der Waals surface area contributed by atoms with E-state index in [0.717, 1.165) is 0 Å². The van der Waals surface area contributed by atoms with E-state index in [1.807, 2.05) is 0 Å². The van der Waals surface area contributed by atoms with Crippen molar-refractivity contribution in [2.75, 3.05) is 5.32 Å². The van der Waals surface area contributed by atoms with Gasteiger partial charge in [0.2, 0.25) is 0 Å². The lowest BCUT2D eigenvalue weighted by atomic mass is 10.2. The number of benzene rings is 1. The average Bonchev–Trinajstić information content (AvgIpc) is 2.04. The van der Waals surface area contributed by atoms with Gasteiger partial charge in [0, 0.05) is 5.69 Å². The largest absolute Gasteiger partial charge is 0.377 e. The maximum Gasteiger partial charge on any atom is 0.258 e. The van der Waals surface area contributed by atoms with Crippen molar-refractivity contribution in [3.63, 3.8) is 0 Å². The van der Waals surface area contributed by atoms with Gasteiger partial charge in [0.1, 0.15) is 5.82 Å². The van der Waals surface area contributed by atoms with Crippen LogP contribution in [0.4, 0.5) is 18.9 Å². The number of nitrogens with one attached hydrogen (secondary N) is 1. The SMILES string of the molecule is CC(Nc1cccc(F)c1)C(F)F. The Labute approximate surface area is 74.6 Å². The Kier molecular flexibility index (Phi) is 3.17. The molecule has 0 aliphatic rings. The zero-order valence-corrected chi connectivity index (χ0v) is 7.10. The van der Waals surface area contributed by atoms with E-state index in [-0.39, 0.29) is 0 Å². The van der Waals surface area contributed by atoms with Crippen LogP contribution in [0, 0.1) is 5.82 Å². The van der Waals surface area contributed by atoms with Gasteiger partial charge in [-0.25, -0.2) is 13.2 Å². The maximum absolute atomic E-state index is 12.6. The normalized spacial score (nSPS) is 13.0. The summed E-state index contributed by atoms with van der Waals surface area (Å²) in [5, 5.41) is 2.49. The molecule has 1 aromatic rings. The van der Waals surface area contributed by atoms with Crippen LogP contribution in [0.1, 0.15) is 6.92 Å². The molecule has 1 rings (SSSR count). The fourth-order valence-corrected chi connectivity index (χ4v) is 0.904. The third-order valence-corrected chi connectivity index (χ3v) is 1.60. The highest BCUT2D eigenvalue weighted by molar-refractivity contribution is 5.43. The van der Waals surface area contributed by atoms with Gasteiger partial charge in [0.25, 0.3) is 6.43 Å². The van der Waals surface area contributed by atoms with Crippen LogP contribution in [0.2, 0.25) is 0 Å². The number of hydrogen-bond donors (Lipinski definition) is 1. The zero-order valence-electron chi connectivity index (χ0n) is 7.10. The summed E-state index contributed by atoms with van der Waals surface area (Å²) in [5.74, 6) is -0.438. The van der Waals surface area contributed by atoms with E-state index in [2.05, 4.69) is 5.32 Å². The molecule has 0 amide bonds. The standard InChI is InChI=1S/C9H10F3N/c1-6(9(11)12)13-8-4-2-3-7(10)5-8/h2-6,9,13H,1H3. The van der Waals surface area contributed by atoms with Gasteiger partial charge in [-0.15, -0.1) is 0 Å². The van der Waals surface area contributed by atoms with Crippen LogP contribution >= 0.6 is 0 Å². The van der Waals surface area contributed by atoms with Crippen molar-refractivity contribution in [3.05, 3.63) is 30.1 Å². The summed E-state index contributed by atoms with van der Waals surface area (Å²) in [5.41, 5.74) is 0.368. The van der Waals surface area contributed by atoms with Gasteiger partial charge in [-0.05, 0) is 25.1 Å². The highest BCUT2D eigenvalue weighted by Gasteiger charge is 2.13. The fraction of sp³-hybridized carbons (Fsp3) is 0.333. The minimum atomic E-state index is -2.46. The molecule has 0 spiro atoms. The van der Waals surface area contributed by atoms with Crippen LogP contribution in [-0.2, 0) is 0 Å². The van der Waals surface area contributed by atoms with E-state index in [9.17, 15) is 13.2 Å². The Hall–Kier alpha value is -1.19. The number of rotatable bonds is 3. The predicted octanol–water partition coefficient (Wildman–Crippen LogP) is 2.89. The molecule has 0 radical (unpaired) electrons. The Morgan fingerprint density at radius 1 is 1.31 bits per heavy atom. The van der Waals surface area contributed by atoms with E-state index in [1.54, 1.807) is 6.07 Å². The van der Waals surface area contributed by atoms with Crippen LogP contribution in [-0.4, -0.2) is 12.5 Å². The Balaban J connectivity index is 2.64. The smallest absolute Gasteiger partial charge is 0.258 e. The Bertz CT molecular complexity index is 275.